The maximum atomic E-state index is 12.4. The standard InChI is InChI=1S/C21H33Cl2N3O3.ClH/c1-4-29-21(28)19(25-20(27)18(24)13-15(2)3)14-16-5-7-17(8-6-16)26(11-9-22)12-10-23;/h5-8,15,18-19H,4,9-14,24H2,1-3H3,(H,25,27);1H/t18-,19-;/m0./s1. The number of anilines is 1. The van der Waals surface area contributed by atoms with Gasteiger partial charge in [0, 0.05) is 37.0 Å². The molecule has 1 amide bonds. The average Bonchev–Trinajstić information content (AvgIpc) is 2.67. The number of halogens is 3. The van der Waals surface area contributed by atoms with Gasteiger partial charge in [0.1, 0.15) is 6.04 Å². The van der Waals surface area contributed by atoms with Gasteiger partial charge in [-0.2, -0.15) is 0 Å². The number of hydrogen-bond acceptors (Lipinski definition) is 5. The molecule has 0 unspecified atom stereocenters. The van der Waals surface area contributed by atoms with Gasteiger partial charge < -0.3 is 20.7 Å². The van der Waals surface area contributed by atoms with E-state index >= 15 is 0 Å². The van der Waals surface area contributed by atoms with Crippen LogP contribution in [0.3, 0.4) is 0 Å². The van der Waals surface area contributed by atoms with E-state index in [9.17, 15) is 9.59 Å². The van der Waals surface area contributed by atoms with Crippen LogP contribution in [0.25, 0.3) is 0 Å². The third-order valence-electron chi connectivity index (χ3n) is 4.40. The predicted molar refractivity (Wildman–Crippen MR) is 127 cm³/mol. The number of benzene rings is 1. The fourth-order valence-electron chi connectivity index (χ4n) is 2.98. The molecule has 0 spiro atoms. The van der Waals surface area contributed by atoms with Crippen LogP contribution in [0, 0.1) is 5.92 Å². The first-order valence-electron chi connectivity index (χ1n) is 10.0. The summed E-state index contributed by atoms with van der Waals surface area (Å²) in [5.74, 6) is 0.489. The van der Waals surface area contributed by atoms with Crippen LogP contribution in [0.5, 0.6) is 0 Å². The number of alkyl halides is 2. The lowest BCUT2D eigenvalue weighted by molar-refractivity contribution is -0.147. The van der Waals surface area contributed by atoms with Crippen molar-refractivity contribution in [3.05, 3.63) is 29.8 Å². The van der Waals surface area contributed by atoms with Gasteiger partial charge >= 0.3 is 5.97 Å². The topological polar surface area (TPSA) is 84.7 Å². The van der Waals surface area contributed by atoms with E-state index in [1.807, 2.05) is 38.1 Å². The Kier molecular flexibility index (Phi) is 14.9. The average molecular weight is 483 g/mol. The van der Waals surface area contributed by atoms with Gasteiger partial charge in [0.2, 0.25) is 5.91 Å². The molecule has 0 aliphatic carbocycles. The SMILES string of the molecule is CCOC(=O)[C@H](Cc1ccc(N(CCCl)CCCl)cc1)NC(=O)[C@@H](N)CC(C)C.Cl. The molecule has 0 saturated carbocycles. The number of amides is 1. The minimum Gasteiger partial charge on any atom is -0.464 e. The maximum Gasteiger partial charge on any atom is 0.328 e. The third kappa shape index (κ3) is 10.2. The van der Waals surface area contributed by atoms with Crippen LogP contribution in [0.15, 0.2) is 24.3 Å². The molecule has 0 bridgehead atoms. The Morgan fingerprint density at radius 3 is 2.17 bits per heavy atom. The van der Waals surface area contributed by atoms with Crippen molar-refractivity contribution < 1.29 is 14.3 Å². The number of nitrogens with zero attached hydrogens (tertiary/aromatic N) is 1. The van der Waals surface area contributed by atoms with Crippen LogP contribution in [0.2, 0.25) is 0 Å². The van der Waals surface area contributed by atoms with Crippen molar-refractivity contribution in [1.82, 2.24) is 5.32 Å². The summed E-state index contributed by atoms with van der Waals surface area (Å²) in [6.07, 6.45) is 0.872. The number of nitrogens with two attached hydrogens (primary N) is 1. The summed E-state index contributed by atoms with van der Waals surface area (Å²) in [4.78, 5) is 26.9. The van der Waals surface area contributed by atoms with Gasteiger partial charge in [0.05, 0.1) is 12.6 Å². The summed E-state index contributed by atoms with van der Waals surface area (Å²) < 4.78 is 5.13. The minimum absolute atomic E-state index is 0. The third-order valence-corrected chi connectivity index (χ3v) is 4.74. The zero-order chi connectivity index (χ0) is 21.8. The van der Waals surface area contributed by atoms with Crippen molar-refractivity contribution in [3.8, 4) is 0 Å². The number of nitrogens with one attached hydrogen (secondary N) is 1. The van der Waals surface area contributed by atoms with E-state index in [1.165, 1.54) is 0 Å². The Balaban J connectivity index is 0.00000841. The fourth-order valence-corrected chi connectivity index (χ4v) is 3.39. The number of esters is 1. The van der Waals surface area contributed by atoms with E-state index in [2.05, 4.69) is 10.2 Å². The van der Waals surface area contributed by atoms with Gasteiger partial charge in [0.15, 0.2) is 0 Å². The predicted octanol–water partition coefficient (Wildman–Crippen LogP) is 3.36. The summed E-state index contributed by atoms with van der Waals surface area (Å²) >= 11 is 11.7. The molecule has 6 nitrogen and oxygen atoms in total. The highest BCUT2D eigenvalue weighted by atomic mass is 35.5. The van der Waals surface area contributed by atoms with Crippen molar-refractivity contribution in [1.29, 1.82) is 0 Å². The second-order valence-corrected chi connectivity index (χ2v) is 8.04. The number of carbonyl (C=O) groups is 2. The van der Waals surface area contributed by atoms with Gasteiger partial charge in [-0.15, -0.1) is 35.6 Å². The molecule has 3 N–H and O–H groups in total. The Bertz CT molecular complexity index is 624. The highest BCUT2D eigenvalue weighted by Crippen LogP contribution is 2.17. The van der Waals surface area contributed by atoms with Gasteiger partial charge in [-0.1, -0.05) is 26.0 Å². The number of ether oxygens (including phenoxy) is 1. The molecule has 0 fully saturated rings. The van der Waals surface area contributed by atoms with Gasteiger partial charge in [-0.3, -0.25) is 4.79 Å². The lowest BCUT2D eigenvalue weighted by Crippen LogP contribution is -2.50. The van der Waals surface area contributed by atoms with Crippen LogP contribution in [0.4, 0.5) is 5.69 Å². The van der Waals surface area contributed by atoms with Crippen molar-refractivity contribution in [2.75, 3.05) is 36.4 Å². The van der Waals surface area contributed by atoms with Crippen LogP contribution in [0.1, 0.15) is 32.8 Å². The maximum absolute atomic E-state index is 12.4. The zero-order valence-electron chi connectivity index (χ0n) is 17.9. The molecular weight excluding hydrogens is 449 g/mol. The zero-order valence-corrected chi connectivity index (χ0v) is 20.2. The lowest BCUT2D eigenvalue weighted by atomic mass is 10.0. The molecule has 2 atom stereocenters. The molecule has 0 aromatic heterocycles. The van der Waals surface area contributed by atoms with Crippen molar-refractivity contribution >= 4 is 53.2 Å². The number of rotatable bonds is 13. The molecule has 1 aromatic rings. The highest BCUT2D eigenvalue weighted by molar-refractivity contribution is 6.18. The quantitative estimate of drug-likeness (QED) is 0.333. The van der Waals surface area contributed by atoms with E-state index in [4.69, 9.17) is 33.7 Å². The van der Waals surface area contributed by atoms with E-state index in [-0.39, 0.29) is 30.8 Å². The fraction of sp³-hybridized carbons (Fsp3) is 0.619. The smallest absolute Gasteiger partial charge is 0.328 e. The van der Waals surface area contributed by atoms with Crippen LogP contribution < -0.4 is 16.0 Å². The van der Waals surface area contributed by atoms with Gasteiger partial charge in [-0.05, 0) is 37.0 Å². The first-order valence-corrected chi connectivity index (χ1v) is 11.1. The summed E-state index contributed by atoms with van der Waals surface area (Å²) in [6, 6.07) is 6.34. The highest BCUT2D eigenvalue weighted by Gasteiger charge is 2.25. The molecule has 1 rings (SSSR count). The Morgan fingerprint density at radius 1 is 1.13 bits per heavy atom. The van der Waals surface area contributed by atoms with Crippen molar-refractivity contribution in [3.63, 3.8) is 0 Å². The van der Waals surface area contributed by atoms with Crippen LogP contribution >= 0.6 is 35.6 Å². The largest absolute Gasteiger partial charge is 0.464 e. The molecule has 0 aliphatic rings. The Labute approximate surface area is 196 Å². The van der Waals surface area contributed by atoms with Crippen LogP contribution in [-0.2, 0) is 20.7 Å². The summed E-state index contributed by atoms with van der Waals surface area (Å²) in [6.45, 7) is 7.36. The summed E-state index contributed by atoms with van der Waals surface area (Å²) in [7, 11) is 0. The summed E-state index contributed by atoms with van der Waals surface area (Å²) in [5.41, 5.74) is 7.86. The van der Waals surface area contributed by atoms with E-state index < -0.39 is 18.1 Å². The first-order chi connectivity index (χ1) is 13.8. The molecule has 0 radical (unpaired) electrons. The normalized spacial score (nSPS) is 12.6. The van der Waals surface area contributed by atoms with Gasteiger partial charge in [-0.25, -0.2) is 4.79 Å². The van der Waals surface area contributed by atoms with Crippen molar-refractivity contribution in [2.45, 2.75) is 45.7 Å². The number of hydrogen-bond donors (Lipinski definition) is 2. The first kappa shape index (κ1) is 28.8. The van der Waals surface area contributed by atoms with E-state index in [0.29, 0.717) is 37.7 Å². The van der Waals surface area contributed by atoms with E-state index in [1.54, 1.807) is 6.92 Å². The monoisotopic (exact) mass is 481 g/mol. The lowest BCUT2D eigenvalue weighted by Gasteiger charge is -2.24. The molecule has 1 aromatic carbocycles. The molecule has 0 heterocycles. The molecular formula is C21H34Cl3N3O3. The molecule has 172 valence electrons. The number of carbonyl (C=O) groups excluding carboxylic acids is 2. The van der Waals surface area contributed by atoms with Crippen molar-refractivity contribution in [2.24, 2.45) is 11.7 Å². The second-order valence-electron chi connectivity index (χ2n) is 7.28. The van der Waals surface area contributed by atoms with Gasteiger partial charge in [0.25, 0.3) is 0 Å². The minimum atomic E-state index is -0.784. The molecule has 0 aliphatic heterocycles. The molecule has 0 saturated heterocycles. The second kappa shape index (κ2) is 15.6. The summed E-state index contributed by atoms with van der Waals surface area (Å²) in [5, 5.41) is 2.75. The molecule has 30 heavy (non-hydrogen) atoms. The molecule has 9 heteroatoms. The Hall–Kier alpha value is -1.21. The van der Waals surface area contributed by atoms with E-state index in [0.717, 1.165) is 11.3 Å². The Morgan fingerprint density at radius 2 is 1.70 bits per heavy atom. The van der Waals surface area contributed by atoms with Crippen LogP contribution in [-0.4, -0.2) is 55.4 Å².